The Bertz CT molecular complexity index is 991. The van der Waals surface area contributed by atoms with Crippen LogP contribution in [0, 0.1) is 5.82 Å². The van der Waals surface area contributed by atoms with Crippen molar-refractivity contribution in [2.24, 2.45) is 5.10 Å². The van der Waals surface area contributed by atoms with E-state index in [1.807, 2.05) is 12.2 Å². The third-order valence-electron chi connectivity index (χ3n) is 5.88. The number of fused-ring (bicyclic) bond motifs is 2. The van der Waals surface area contributed by atoms with Crippen molar-refractivity contribution in [2.45, 2.75) is 25.8 Å². The largest absolute Gasteiger partial charge is 0.373 e. The van der Waals surface area contributed by atoms with E-state index in [9.17, 15) is 4.39 Å². The van der Waals surface area contributed by atoms with Gasteiger partial charge in [0.25, 0.3) is 0 Å². The molecular formula is C22H25Cl2FN4. The van der Waals surface area contributed by atoms with Crippen LogP contribution in [0.5, 0.6) is 0 Å². The molecule has 0 amide bonds. The molecule has 3 heterocycles. The predicted octanol–water partition coefficient (Wildman–Crippen LogP) is 4.24. The summed E-state index contributed by atoms with van der Waals surface area (Å²) in [6.07, 6.45) is 10.3. The minimum atomic E-state index is -0.209. The molecule has 5 rings (SSSR count). The maximum Gasteiger partial charge on any atom is 0.124 e. The molecule has 1 unspecified atom stereocenters. The minimum Gasteiger partial charge on any atom is -0.373 e. The standard InChI is InChI=1S/C22H23FN4.2ClH/c1-3-19-21(13-6-8-24-9-7-13)22-17(12-27(19)2)16-11-15(23)10-14-4-5-18(20(14)16)25-26-22;;/h4-6,10-12,19,24,26H,3,7-9H2,1-2H3;2*1H. The van der Waals surface area contributed by atoms with Crippen molar-refractivity contribution in [2.75, 3.05) is 20.1 Å². The van der Waals surface area contributed by atoms with Gasteiger partial charge >= 0.3 is 0 Å². The van der Waals surface area contributed by atoms with Crippen LogP contribution in [0.3, 0.4) is 0 Å². The lowest BCUT2D eigenvalue weighted by Crippen LogP contribution is -2.37. The number of hydrogen-bond donors (Lipinski definition) is 2. The van der Waals surface area contributed by atoms with Gasteiger partial charge in [-0.2, -0.15) is 5.10 Å². The number of hydrogen-bond acceptors (Lipinski definition) is 4. The fourth-order valence-electron chi connectivity index (χ4n) is 4.65. The van der Waals surface area contributed by atoms with Crippen molar-refractivity contribution < 1.29 is 4.39 Å². The van der Waals surface area contributed by atoms with E-state index in [0.717, 1.165) is 59.6 Å². The van der Waals surface area contributed by atoms with Crippen LogP contribution in [0.4, 0.5) is 4.39 Å². The van der Waals surface area contributed by atoms with Gasteiger partial charge in [0.1, 0.15) is 5.82 Å². The number of benzene rings is 1. The van der Waals surface area contributed by atoms with Crippen LogP contribution < -0.4 is 10.7 Å². The fourth-order valence-corrected chi connectivity index (χ4v) is 4.65. The molecule has 7 heteroatoms. The molecule has 0 saturated carbocycles. The molecule has 29 heavy (non-hydrogen) atoms. The lowest BCUT2D eigenvalue weighted by molar-refractivity contribution is 0.354. The zero-order valence-corrected chi connectivity index (χ0v) is 18.1. The highest BCUT2D eigenvalue weighted by Crippen LogP contribution is 2.41. The molecule has 0 spiro atoms. The molecule has 2 N–H and O–H groups in total. The molecule has 4 aliphatic rings. The summed E-state index contributed by atoms with van der Waals surface area (Å²) in [5.41, 5.74) is 11.8. The zero-order chi connectivity index (χ0) is 18.5. The molecule has 0 bridgehead atoms. The summed E-state index contributed by atoms with van der Waals surface area (Å²) in [6, 6.07) is 3.52. The zero-order valence-electron chi connectivity index (χ0n) is 16.5. The third kappa shape index (κ3) is 3.41. The summed E-state index contributed by atoms with van der Waals surface area (Å²) in [4.78, 5) is 2.27. The normalized spacial score (nSPS) is 21.6. The SMILES string of the molecule is CCC1C(C2=CCNCC2)=C2NN=C3C=Cc4cc(F)cc(c43)C2=CN1C.Cl.Cl. The van der Waals surface area contributed by atoms with E-state index in [1.165, 1.54) is 11.1 Å². The lowest BCUT2D eigenvalue weighted by Gasteiger charge is -2.37. The van der Waals surface area contributed by atoms with E-state index in [-0.39, 0.29) is 36.7 Å². The van der Waals surface area contributed by atoms with Crippen LogP contribution in [0.1, 0.15) is 36.5 Å². The first kappa shape index (κ1) is 21.6. The van der Waals surface area contributed by atoms with Crippen LogP contribution in [-0.2, 0) is 0 Å². The Morgan fingerprint density at radius 1 is 1.24 bits per heavy atom. The summed E-state index contributed by atoms with van der Waals surface area (Å²) < 4.78 is 14.4. The molecule has 1 aromatic carbocycles. The third-order valence-corrected chi connectivity index (χ3v) is 5.88. The number of nitrogens with one attached hydrogen (secondary N) is 2. The number of halogens is 3. The number of allylic oxidation sites excluding steroid dienone is 2. The highest BCUT2D eigenvalue weighted by Gasteiger charge is 2.34. The molecule has 0 aromatic heterocycles. The maximum atomic E-state index is 14.4. The molecule has 4 nitrogen and oxygen atoms in total. The van der Waals surface area contributed by atoms with Crippen molar-refractivity contribution in [3.63, 3.8) is 0 Å². The van der Waals surface area contributed by atoms with E-state index in [2.05, 4.69) is 47.0 Å². The molecule has 1 atom stereocenters. The van der Waals surface area contributed by atoms with Gasteiger partial charge in [0, 0.05) is 36.5 Å². The molecule has 0 radical (unpaired) electrons. The molecule has 0 saturated heterocycles. The second kappa shape index (κ2) is 8.34. The summed E-state index contributed by atoms with van der Waals surface area (Å²) in [5, 5.41) is 8.08. The van der Waals surface area contributed by atoms with Gasteiger partial charge in [-0.15, -0.1) is 24.8 Å². The van der Waals surface area contributed by atoms with E-state index in [4.69, 9.17) is 0 Å². The van der Waals surface area contributed by atoms with Crippen molar-refractivity contribution in [1.82, 2.24) is 15.6 Å². The molecule has 154 valence electrons. The topological polar surface area (TPSA) is 39.7 Å². The predicted molar refractivity (Wildman–Crippen MR) is 122 cm³/mol. The second-order valence-electron chi connectivity index (χ2n) is 7.46. The van der Waals surface area contributed by atoms with Gasteiger partial charge in [0.05, 0.1) is 17.5 Å². The Balaban J connectivity index is 0.00000120. The minimum absolute atomic E-state index is 0. The smallest absolute Gasteiger partial charge is 0.124 e. The van der Waals surface area contributed by atoms with Crippen molar-refractivity contribution in [3.05, 3.63) is 69.8 Å². The Morgan fingerprint density at radius 3 is 2.79 bits per heavy atom. The highest BCUT2D eigenvalue weighted by molar-refractivity contribution is 6.20. The van der Waals surface area contributed by atoms with Gasteiger partial charge in [-0.3, -0.25) is 5.43 Å². The number of nitrogens with zero attached hydrogens (tertiary/aromatic N) is 2. The van der Waals surface area contributed by atoms with Crippen molar-refractivity contribution in [3.8, 4) is 0 Å². The molecule has 1 aliphatic carbocycles. The van der Waals surface area contributed by atoms with Crippen molar-refractivity contribution >= 4 is 42.2 Å². The summed E-state index contributed by atoms with van der Waals surface area (Å²) in [6.45, 7) is 4.08. The Kier molecular flexibility index (Phi) is 6.22. The van der Waals surface area contributed by atoms with Gasteiger partial charge in [-0.05, 0) is 54.3 Å². The van der Waals surface area contributed by atoms with Gasteiger partial charge < -0.3 is 10.2 Å². The van der Waals surface area contributed by atoms with Gasteiger partial charge in [0.15, 0.2) is 0 Å². The summed E-state index contributed by atoms with van der Waals surface area (Å²) in [5.74, 6) is -0.209. The second-order valence-corrected chi connectivity index (χ2v) is 7.46. The first-order valence-electron chi connectivity index (χ1n) is 9.62. The quantitative estimate of drug-likeness (QED) is 0.730. The van der Waals surface area contributed by atoms with Crippen LogP contribution in [-0.4, -0.2) is 36.8 Å². The lowest BCUT2D eigenvalue weighted by atomic mass is 9.83. The molecular weight excluding hydrogens is 410 g/mol. The van der Waals surface area contributed by atoms with E-state index < -0.39 is 0 Å². The van der Waals surface area contributed by atoms with Gasteiger partial charge in [-0.1, -0.05) is 19.1 Å². The first-order valence-corrected chi connectivity index (χ1v) is 9.62. The van der Waals surface area contributed by atoms with Crippen LogP contribution in [0.25, 0.3) is 11.6 Å². The molecule has 1 aromatic rings. The summed E-state index contributed by atoms with van der Waals surface area (Å²) >= 11 is 0. The van der Waals surface area contributed by atoms with E-state index >= 15 is 0 Å². The Hall–Kier alpha value is -2.08. The number of hydrazone groups is 1. The maximum absolute atomic E-state index is 14.4. The first-order chi connectivity index (χ1) is 13.2. The number of rotatable bonds is 2. The van der Waals surface area contributed by atoms with E-state index in [1.54, 1.807) is 12.1 Å². The Labute approximate surface area is 183 Å². The fraction of sp³-hybridized carbons (Fsp3) is 0.318. The van der Waals surface area contributed by atoms with Gasteiger partial charge in [-0.25, -0.2) is 4.39 Å². The number of likely N-dealkylation sites (N-methyl/N-ethyl adjacent to an activating group) is 1. The van der Waals surface area contributed by atoms with Crippen LogP contribution in [0.2, 0.25) is 0 Å². The highest BCUT2D eigenvalue weighted by atomic mass is 35.5. The summed E-state index contributed by atoms with van der Waals surface area (Å²) in [7, 11) is 2.12. The average Bonchev–Trinajstić information content (AvgIpc) is 3.01. The van der Waals surface area contributed by atoms with Crippen LogP contribution in [0.15, 0.2) is 52.4 Å². The monoisotopic (exact) mass is 434 g/mol. The molecule has 0 fully saturated rings. The van der Waals surface area contributed by atoms with Gasteiger partial charge in [0.2, 0.25) is 0 Å². The van der Waals surface area contributed by atoms with Crippen molar-refractivity contribution in [1.29, 1.82) is 0 Å². The van der Waals surface area contributed by atoms with Crippen LogP contribution >= 0.6 is 24.8 Å². The molecule has 3 aliphatic heterocycles. The van der Waals surface area contributed by atoms with E-state index in [0.29, 0.717) is 0 Å². The average molecular weight is 435 g/mol. The Morgan fingerprint density at radius 2 is 2.07 bits per heavy atom.